The normalized spacial score (nSPS) is 21.5. The van der Waals surface area contributed by atoms with Crippen LogP contribution in [0.1, 0.15) is 39.2 Å². The molecule has 1 saturated heterocycles. The van der Waals surface area contributed by atoms with Crippen LogP contribution in [0.25, 0.3) is 10.9 Å². The number of amidine groups is 1. The number of fused-ring (bicyclic) bond motifs is 1. The van der Waals surface area contributed by atoms with Crippen molar-refractivity contribution in [1.29, 1.82) is 0 Å². The van der Waals surface area contributed by atoms with E-state index in [1.165, 1.54) is 12.3 Å². The summed E-state index contributed by atoms with van der Waals surface area (Å²) in [5.41, 5.74) is 1.64. The fourth-order valence-electron chi connectivity index (χ4n) is 4.36. The molecule has 0 spiro atoms. The number of hydrogen-bond donors (Lipinski definition) is 1. The molecule has 1 aromatic carbocycles. The van der Waals surface area contributed by atoms with Crippen LogP contribution in [0.3, 0.4) is 0 Å². The molecule has 4 rings (SSSR count). The van der Waals surface area contributed by atoms with Gasteiger partial charge >= 0.3 is 0 Å². The molecule has 0 unspecified atom stereocenters. The van der Waals surface area contributed by atoms with E-state index < -0.39 is 17.6 Å². The van der Waals surface area contributed by atoms with Gasteiger partial charge in [0.25, 0.3) is 0 Å². The number of nitrogens with zero attached hydrogens (tertiary/aromatic N) is 4. The van der Waals surface area contributed by atoms with E-state index in [1.807, 2.05) is 50.0 Å². The highest BCUT2D eigenvalue weighted by Crippen LogP contribution is 2.36. The Kier molecular flexibility index (Phi) is 6.26. The van der Waals surface area contributed by atoms with Gasteiger partial charge in [0.1, 0.15) is 23.5 Å². The summed E-state index contributed by atoms with van der Waals surface area (Å²) >= 11 is 0. The predicted molar refractivity (Wildman–Crippen MR) is 125 cm³/mol. The Labute approximate surface area is 192 Å². The number of nitrogens with one attached hydrogen (secondary N) is 1. The van der Waals surface area contributed by atoms with Gasteiger partial charge in [0.05, 0.1) is 11.2 Å². The molecule has 6 nitrogen and oxygen atoms in total. The number of allylic oxidation sites excluding steroid dienone is 4. The summed E-state index contributed by atoms with van der Waals surface area (Å²) < 4.78 is 30.5. The topological polar surface area (TPSA) is 60.8 Å². The van der Waals surface area contributed by atoms with Crippen LogP contribution in [0, 0.1) is 11.6 Å². The molecule has 0 bridgehead atoms. The number of hydrogen-bond acceptors (Lipinski definition) is 5. The number of piperazine rings is 1. The molecule has 1 aromatic heterocycles. The number of amides is 1. The number of hydrazone groups is 1. The predicted octanol–water partition coefficient (Wildman–Crippen LogP) is 4.43. The first-order chi connectivity index (χ1) is 15.9. The molecular formula is C25H27F2N5O. The first kappa shape index (κ1) is 22.6. The third-order valence-corrected chi connectivity index (χ3v) is 6.19. The number of benzene rings is 1. The summed E-state index contributed by atoms with van der Waals surface area (Å²) in [5.74, 6) is -1.34. The minimum atomic E-state index is -0.648. The Hall–Kier alpha value is -3.55. The first-order valence-electron chi connectivity index (χ1n) is 11.0. The van der Waals surface area contributed by atoms with Crippen molar-refractivity contribution in [1.82, 2.24) is 20.2 Å². The maximum atomic E-state index is 15.4. The van der Waals surface area contributed by atoms with Gasteiger partial charge < -0.3 is 10.2 Å². The van der Waals surface area contributed by atoms with Crippen molar-refractivity contribution in [3.63, 3.8) is 0 Å². The molecule has 8 heteroatoms. The van der Waals surface area contributed by atoms with E-state index in [9.17, 15) is 4.79 Å². The van der Waals surface area contributed by atoms with Crippen molar-refractivity contribution in [3.8, 4) is 0 Å². The Morgan fingerprint density at radius 1 is 1.30 bits per heavy atom. The largest absolute Gasteiger partial charge is 0.353 e. The Morgan fingerprint density at radius 2 is 2.09 bits per heavy atom. The van der Waals surface area contributed by atoms with Crippen molar-refractivity contribution in [3.05, 3.63) is 77.3 Å². The maximum absolute atomic E-state index is 15.4. The van der Waals surface area contributed by atoms with Gasteiger partial charge in [-0.2, -0.15) is 5.10 Å². The van der Waals surface area contributed by atoms with Crippen molar-refractivity contribution in [2.45, 2.75) is 39.7 Å². The van der Waals surface area contributed by atoms with Crippen molar-refractivity contribution < 1.29 is 13.6 Å². The highest BCUT2D eigenvalue weighted by molar-refractivity contribution is 5.98. The van der Waals surface area contributed by atoms with Gasteiger partial charge in [-0.3, -0.25) is 9.78 Å². The molecule has 33 heavy (non-hydrogen) atoms. The summed E-state index contributed by atoms with van der Waals surface area (Å²) in [6.45, 7) is 8.44. The van der Waals surface area contributed by atoms with Gasteiger partial charge in [-0.05, 0) is 45.1 Å². The summed E-state index contributed by atoms with van der Waals surface area (Å²) in [6, 6.07) is 4.13. The fraction of sp³-hybridized carbons (Fsp3) is 0.320. The molecular weight excluding hydrogens is 424 g/mol. The zero-order valence-electron chi connectivity index (χ0n) is 19.1. The second-order valence-corrected chi connectivity index (χ2v) is 8.07. The summed E-state index contributed by atoms with van der Waals surface area (Å²) in [5, 5.41) is 9.62. The minimum absolute atomic E-state index is 0.0314. The molecule has 2 aliphatic rings. The van der Waals surface area contributed by atoms with Gasteiger partial charge in [-0.15, -0.1) is 0 Å². The van der Waals surface area contributed by atoms with Crippen LogP contribution in [-0.4, -0.2) is 45.8 Å². The fourth-order valence-corrected chi connectivity index (χ4v) is 4.36. The SMILES string of the molecule is CC=C1C=CC(N2CCNC(=O)[C@H]2C)=NN1/C(=C\C)[C@@H](C)c1c(F)cc2ncccc2c1F. The van der Waals surface area contributed by atoms with E-state index in [2.05, 4.69) is 10.3 Å². The average molecular weight is 452 g/mol. The molecule has 2 aliphatic heterocycles. The summed E-state index contributed by atoms with van der Waals surface area (Å²) in [4.78, 5) is 18.2. The van der Waals surface area contributed by atoms with Crippen LogP contribution < -0.4 is 5.32 Å². The average Bonchev–Trinajstić information content (AvgIpc) is 2.81. The lowest BCUT2D eigenvalue weighted by Crippen LogP contribution is -2.56. The van der Waals surface area contributed by atoms with Crippen LogP contribution in [0.5, 0.6) is 0 Å². The van der Waals surface area contributed by atoms with Gasteiger partial charge in [0.2, 0.25) is 5.91 Å². The Bertz CT molecular complexity index is 1220. The van der Waals surface area contributed by atoms with Crippen LogP contribution >= 0.6 is 0 Å². The molecule has 172 valence electrons. The smallest absolute Gasteiger partial charge is 0.242 e. The lowest BCUT2D eigenvalue weighted by molar-refractivity contribution is -0.126. The van der Waals surface area contributed by atoms with E-state index in [-0.39, 0.29) is 28.4 Å². The summed E-state index contributed by atoms with van der Waals surface area (Å²) in [6.07, 6.45) is 8.97. The quantitative estimate of drug-likeness (QED) is 0.750. The third kappa shape index (κ3) is 4.01. The number of carbonyl (C=O) groups is 1. The second-order valence-electron chi connectivity index (χ2n) is 8.07. The highest BCUT2D eigenvalue weighted by atomic mass is 19.1. The monoisotopic (exact) mass is 451 g/mol. The first-order valence-corrected chi connectivity index (χ1v) is 11.0. The number of pyridine rings is 1. The standard InChI is InChI=1S/C25H27F2N5O/c1-5-17-9-10-22(31-13-12-29-25(33)16(31)4)30-32(17)21(6-2)15(3)23-19(26)14-20-18(24(23)27)8-7-11-28-20/h5-11,14-16H,12-13H2,1-4H3,(H,29,33)/b17-5?,21-6-/t15-,16-/m1/s1. The molecule has 3 heterocycles. The van der Waals surface area contributed by atoms with Gasteiger partial charge in [-0.25, -0.2) is 13.8 Å². The van der Waals surface area contributed by atoms with E-state index >= 15 is 8.78 Å². The molecule has 2 atom stereocenters. The lowest BCUT2D eigenvalue weighted by atomic mass is 9.93. The maximum Gasteiger partial charge on any atom is 0.242 e. The molecule has 0 aliphatic carbocycles. The van der Waals surface area contributed by atoms with E-state index in [1.54, 1.807) is 24.1 Å². The van der Waals surface area contributed by atoms with Crippen LogP contribution in [0.15, 0.2) is 65.2 Å². The summed E-state index contributed by atoms with van der Waals surface area (Å²) in [7, 11) is 0. The molecule has 1 fully saturated rings. The highest BCUT2D eigenvalue weighted by Gasteiger charge is 2.31. The van der Waals surface area contributed by atoms with Crippen LogP contribution in [0.2, 0.25) is 0 Å². The van der Waals surface area contributed by atoms with Crippen LogP contribution in [0.4, 0.5) is 8.78 Å². The Morgan fingerprint density at radius 3 is 2.82 bits per heavy atom. The van der Waals surface area contributed by atoms with E-state index in [0.29, 0.717) is 24.6 Å². The van der Waals surface area contributed by atoms with Crippen molar-refractivity contribution >= 4 is 22.6 Å². The van der Waals surface area contributed by atoms with Crippen molar-refractivity contribution in [2.75, 3.05) is 13.1 Å². The molecule has 1 N–H and O–H groups in total. The minimum Gasteiger partial charge on any atom is -0.353 e. The van der Waals surface area contributed by atoms with Crippen LogP contribution in [-0.2, 0) is 4.79 Å². The van der Waals surface area contributed by atoms with Gasteiger partial charge in [0, 0.05) is 47.9 Å². The third-order valence-electron chi connectivity index (χ3n) is 6.19. The molecule has 0 radical (unpaired) electrons. The van der Waals surface area contributed by atoms with Gasteiger partial charge in [0.15, 0.2) is 0 Å². The zero-order valence-corrected chi connectivity index (χ0v) is 19.1. The Balaban J connectivity index is 1.76. The van der Waals surface area contributed by atoms with Crippen molar-refractivity contribution in [2.24, 2.45) is 5.10 Å². The lowest BCUT2D eigenvalue weighted by Gasteiger charge is -2.37. The number of halogens is 2. The second kappa shape index (κ2) is 9.13. The van der Waals surface area contributed by atoms with E-state index in [4.69, 9.17) is 5.10 Å². The molecule has 2 aromatic rings. The van der Waals surface area contributed by atoms with Gasteiger partial charge in [-0.1, -0.05) is 19.1 Å². The number of rotatable bonds is 3. The number of carbonyl (C=O) groups excluding carboxylic acids is 1. The molecule has 0 saturated carbocycles. The van der Waals surface area contributed by atoms with E-state index in [0.717, 1.165) is 5.70 Å². The number of aromatic nitrogens is 1. The zero-order chi connectivity index (χ0) is 23.7. The molecule has 1 amide bonds.